The molecule has 0 atom stereocenters. The Kier molecular flexibility index (Phi) is 7.36. The Morgan fingerprint density at radius 2 is 1.85 bits per heavy atom. The maximum absolute atomic E-state index is 13.2. The fraction of sp³-hybridized carbons (Fsp3) is 0.320. The zero-order chi connectivity index (χ0) is 23.2. The molecule has 0 aliphatic rings. The number of benzene rings is 2. The molecule has 0 saturated carbocycles. The Labute approximate surface area is 197 Å². The van der Waals surface area contributed by atoms with Crippen molar-refractivity contribution in [3.63, 3.8) is 0 Å². The molecule has 8 heteroatoms. The molecule has 0 fully saturated rings. The Hall–Kier alpha value is -3.23. The minimum atomic E-state index is -0.205. The largest absolute Gasteiger partial charge is 0.494 e. The first kappa shape index (κ1) is 22.9. The van der Waals surface area contributed by atoms with Gasteiger partial charge in [-0.25, -0.2) is 9.97 Å². The average molecular weight is 465 g/mol. The molecule has 2 heterocycles. The van der Waals surface area contributed by atoms with Crippen molar-refractivity contribution in [2.24, 2.45) is 0 Å². The van der Waals surface area contributed by atoms with Crippen LogP contribution in [-0.2, 0) is 11.3 Å². The highest BCUT2D eigenvalue weighted by molar-refractivity contribution is 7.17. The zero-order valence-corrected chi connectivity index (χ0v) is 19.9. The molecule has 0 radical (unpaired) electrons. The maximum Gasteiger partial charge on any atom is 0.269 e. The summed E-state index contributed by atoms with van der Waals surface area (Å²) in [5.41, 5.74) is 3.48. The van der Waals surface area contributed by atoms with Gasteiger partial charge in [0.05, 0.1) is 23.3 Å². The van der Waals surface area contributed by atoms with E-state index in [4.69, 9.17) is 9.47 Å². The second-order valence-corrected chi connectivity index (χ2v) is 8.47. The molecule has 1 amide bonds. The smallest absolute Gasteiger partial charge is 0.269 e. The molecule has 0 aliphatic heterocycles. The number of rotatable bonds is 10. The molecule has 0 aliphatic carbocycles. The Morgan fingerprint density at radius 3 is 2.61 bits per heavy atom. The summed E-state index contributed by atoms with van der Waals surface area (Å²) in [6.07, 6.45) is 0.832. The number of fused-ring (bicyclic) bond motifs is 1. The van der Waals surface area contributed by atoms with Crippen LogP contribution in [0.15, 0.2) is 48.5 Å². The van der Waals surface area contributed by atoms with Gasteiger partial charge in [0.15, 0.2) is 0 Å². The van der Waals surface area contributed by atoms with Crippen LogP contribution >= 0.6 is 11.3 Å². The first-order valence-corrected chi connectivity index (χ1v) is 12.0. The van der Waals surface area contributed by atoms with Crippen LogP contribution in [0.25, 0.3) is 21.6 Å². The molecule has 0 bridgehead atoms. The van der Waals surface area contributed by atoms with Crippen molar-refractivity contribution in [2.45, 2.75) is 33.7 Å². The van der Waals surface area contributed by atoms with Gasteiger partial charge < -0.3 is 14.0 Å². The molecule has 7 nitrogen and oxygen atoms in total. The number of ether oxygens (including phenoxy) is 2. The van der Waals surface area contributed by atoms with Crippen LogP contribution in [0.2, 0.25) is 0 Å². The van der Waals surface area contributed by atoms with E-state index in [9.17, 15) is 4.79 Å². The van der Waals surface area contributed by atoms with Crippen LogP contribution in [0.4, 0.5) is 5.95 Å². The van der Waals surface area contributed by atoms with Gasteiger partial charge >= 0.3 is 0 Å². The fourth-order valence-corrected chi connectivity index (χ4v) is 4.58. The van der Waals surface area contributed by atoms with Gasteiger partial charge in [-0.15, -0.1) is 11.3 Å². The SMILES string of the molecule is CCOCCCn1c(NC(=O)c2sc(-c3ccc(OCC)cc3)nc2C)nc2ccccc21. The summed E-state index contributed by atoms with van der Waals surface area (Å²) >= 11 is 1.38. The number of aromatic nitrogens is 3. The summed E-state index contributed by atoms with van der Waals surface area (Å²) in [6, 6.07) is 15.6. The number of anilines is 1. The van der Waals surface area contributed by atoms with Crippen molar-refractivity contribution in [3.8, 4) is 16.3 Å². The number of nitrogens with one attached hydrogen (secondary N) is 1. The molecule has 4 rings (SSSR count). The third-order valence-corrected chi connectivity index (χ3v) is 6.37. The molecular weight excluding hydrogens is 436 g/mol. The van der Waals surface area contributed by atoms with E-state index in [0.29, 0.717) is 42.9 Å². The third kappa shape index (κ3) is 5.23. The maximum atomic E-state index is 13.2. The van der Waals surface area contributed by atoms with Gasteiger partial charge in [0.25, 0.3) is 5.91 Å². The van der Waals surface area contributed by atoms with Crippen LogP contribution in [-0.4, -0.2) is 40.3 Å². The molecular formula is C25H28N4O3S. The number of nitrogens with zero attached hydrogens (tertiary/aromatic N) is 3. The Bertz CT molecular complexity index is 1230. The number of hydrogen-bond acceptors (Lipinski definition) is 6. The monoisotopic (exact) mass is 464 g/mol. The van der Waals surface area contributed by atoms with E-state index in [2.05, 4.69) is 15.3 Å². The van der Waals surface area contributed by atoms with Crippen molar-refractivity contribution in [3.05, 3.63) is 59.1 Å². The zero-order valence-electron chi connectivity index (χ0n) is 19.1. The molecule has 172 valence electrons. The fourth-order valence-electron chi connectivity index (χ4n) is 3.62. The van der Waals surface area contributed by atoms with Crippen LogP contribution in [0.3, 0.4) is 0 Å². The lowest BCUT2D eigenvalue weighted by Gasteiger charge is -2.10. The van der Waals surface area contributed by atoms with Gasteiger partial charge in [-0.05, 0) is 63.6 Å². The Balaban J connectivity index is 1.56. The summed E-state index contributed by atoms with van der Waals surface area (Å²) in [4.78, 5) is 23.0. The van der Waals surface area contributed by atoms with Crippen LogP contribution in [0.5, 0.6) is 5.75 Å². The molecule has 33 heavy (non-hydrogen) atoms. The first-order chi connectivity index (χ1) is 16.1. The molecule has 2 aromatic carbocycles. The average Bonchev–Trinajstić information content (AvgIpc) is 3.38. The van der Waals surface area contributed by atoms with Crippen LogP contribution in [0.1, 0.15) is 35.6 Å². The quantitative estimate of drug-likeness (QED) is 0.312. The van der Waals surface area contributed by atoms with Gasteiger partial charge in [-0.2, -0.15) is 0 Å². The molecule has 0 unspecified atom stereocenters. The number of amides is 1. The van der Waals surface area contributed by atoms with E-state index in [-0.39, 0.29) is 5.91 Å². The number of hydrogen-bond donors (Lipinski definition) is 1. The van der Waals surface area contributed by atoms with E-state index >= 15 is 0 Å². The van der Waals surface area contributed by atoms with Gasteiger partial charge in [-0.1, -0.05) is 12.1 Å². The van der Waals surface area contributed by atoms with Crippen molar-refractivity contribution in [1.82, 2.24) is 14.5 Å². The minimum absolute atomic E-state index is 0.205. The highest BCUT2D eigenvalue weighted by atomic mass is 32.1. The number of para-hydroxylation sites is 2. The molecule has 0 spiro atoms. The van der Waals surface area contributed by atoms with Gasteiger partial charge in [0, 0.05) is 25.3 Å². The van der Waals surface area contributed by atoms with Gasteiger partial charge in [0.2, 0.25) is 5.95 Å². The van der Waals surface area contributed by atoms with E-state index < -0.39 is 0 Å². The summed E-state index contributed by atoms with van der Waals surface area (Å²) in [5, 5.41) is 3.81. The number of imidazole rings is 1. The predicted octanol–water partition coefficient (Wildman–Crippen LogP) is 5.55. The first-order valence-electron chi connectivity index (χ1n) is 11.2. The summed E-state index contributed by atoms with van der Waals surface area (Å²) in [7, 11) is 0. The lowest BCUT2D eigenvalue weighted by Crippen LogP contribution is -2.16. The number of aryl methyl sites for hydroxylation is 2. The number of carbonyl (C=O) groups excluding carboxylic acids is 1. The van der Waals surface area contributed by atoms with Crippen molar-refractivity contribution >= 4 is 34.2 Å². The van der Waals surface area contributed by atoms with Gasteiger partial charge in [-0.3, -0.25) is 10.1 Å². The standard InChI is InChI=1S/C25H28N4O3S/c1-4-31-16-8-15-29-21-10-7-6-9-20(21)27-25(29)28-23(30)22-17(3)26-24(33-22)18-11-13-19(14-12-18)32-5-2/h6-7,9-14H,4-5,8,15-16H2,1-3H3,(H,27,28,30). The normalized spacial score (nSPS) is 11.1. The van der Waals surface area contributed by atoms with E-state index in [0.717, 1.165) is 33.8 Å². The minimum Gasteiger partial charge on any atom is -0.494 e. The molecule has 0 saturated heterocycles. The van der Waals surface area contributed by atoms with E-state index in [1.54, 1.807) is 0 Å². The topological polar surface area (TPSA) is 78.3 Å². The summed E-state index contributed by atoms with van der Waals surface area (Å²) in [5.74, 6) is 1.15. The van der Waals surface area contributed by atoms with Crippen molar-refractivity contribution < 1.29 is 14.3 Å². The highest BCUT2D eigenvalue weighted by Crippen LogP contribution is 2.30. The van der Waals surface area contributed by atoms with Crippen LogP contribution < -0.4 is 10.1 Å². The number of carbonyl (C=O) groups is 1. The van der Waals surface area contributed by atoms with E-state index in [1.807, 2.05) is 73.9 Å². The highest BCUT2D eigenvalue weighted by Gasteiger charge is 2.19. The van der Waals surface area contributed by atoms with Crippen LogP contribution in [0, 0.1) is 6.92 Å². The molecule has 1 N–H and O–H groups in total. The summed E-state index contributed by atoms with van der Waals surface area (Å²) < 4.78 is 13.0. The lowest BCUT2D eigenvalue weighted by molar-refractivity contribution is 0.102. The van der Waals surface area contributed by atoms with Gasteiger partial charge in [0.1, 0.15) is 15.6 Å². The summed E-state index contributed by atoms with van der Waals surface area (Å²) in [6.45, 7) is 8.47. The molecule has 4 aromatic rings. The second-order valence-electron chi connectivity index (χ2n) is 7.47. The second kappa shape index (κ2) is 10.6. The molecule has 2 aromatic heterocycles. The van der Waals surface area contributed by atoms with Crippen molar-refractivity contribution in [2.75, 3.05) is 25.1 Å². The third-order valence-electron chi connectivity index (χ3n) is 5.17. The van der Waals surface area contributed by atoms with Crippen molar-refractivity contribution in [1.29, 1.82) is 0 Å². The predicted molar refractivity (Wildman–Crippen MR) is 132 cm³/mol. The Morgan fingerprint density at radius 1 is 1.06 bits per heavy atom. The van der Waals surface area contributed by atoms with E-state index in [1.165, 1.54) is 11.3 Å². The lowest BCUT2D eigenvalue weighted by atomic mass is 10.2. The number of thiazole rings is 1.